The van der Waals surface area contributed by atoms with Gasteiger partial charge in [0.15, 0.2) is 5.82 Å². The second-order valence-electron chi connectivity index (χ2n) is 4.04. The second kappa shape index (κ2) is 5.78. The van der Waals surface area contributed by atoms with Crippen molar-refractivity contribution in [3.8, 4) is 0 Å². The van der Waals surface area contributed by atoms with Gasteiger partial charge in [-0.2, -0.15) is 0 Å². The minimum atomic E-state index is -4.31. The van der Waals surface area contributed by atoms with Gasteiger partial charge in [-0.05, 0) is 46.3 Å². The van der Waals surface area contributed by atoms with E-state index in [0.29, 0.717) is 4.47 Å². The molecule has 0 spiro atoms. The monoisotopic (exact) mass is 396 g/mol. The topological polar surface area (TPSA) is 72.2 Å². The van der Waals surface area contributed by atoms with Gasteiger partial charge in [0.25, 0.3) is 10.0 Å². The molecule has 2 aromatic carbocycles. The van der Waals surface area contributed by atoms with Gasteiger partial charge in [-0.25, -0.2) is 17.2 Å². The normalized spacial score (nSPS) is 11.4. The fourth-order valence-electron chi connectivity index (χ4n) is 1.56. The van der Waals surface area contributed by atoms with Gasteiger partial charge in [0.1, 0.15) is 10.7 Å². The summed E-state index contributed by atoms with van der Waals surface area (Å²) in [6.07, 6.45) is 0. The summed E-state index contributed by atoms with van der Waals surface area (Å²) < 4.78 is 53.8. The van der Waals surface area contributed by atoms with Crippen LogP contribution in [0.2, 0.25) is 5.02 Å². The van der Waals surface area contributed by atoms with Crippen LogP contribution in [0.15, 0.2) is 39.7 Å². The molecule has 2 rings (SSSR count). The first kappa shape index (κ1) is 16.0. The maximum Gasteiger partial charge on any atom is 0.264 e. The van der Waals surface area contributed by atoms with Crippen molar-refractivity contribution in [2.24, 2.45) is 0 Å². The maximum atomic E-state index is 13.9. The minimum Gasteiger partial charge on any atom is -0.396 e. The third kappa shape index (κ3) is 3.45. The number of rotatable bonds is 3. The quantitative estimate of drug-likeness (QED) is 0.775. The van der Waals surface area contributed by atoms with Gasteiger partial charge in [-0.15, -0.1) is 0 Å². The van der Waals surface area contributed by atoms with Gasteiger partial charge in [0, 0.05) is 9.50 Å². The molecule has 0 atom stereocenters. The largest absolute Gasteiger partial charge is 0.396 e. The van der Waals surface area contributed by atoms with Crippen LogP contribution in [0.5, 0.6) is 0 Å². The van der Waals surface area contributed by atoms with E-state index in [0.717, 1.165) is 24.3 Å². The summed E-state index contributed by atoms with van der Waals surface area (Å²) >= 11 is 8.74. The number of halogens is 4. The molecule has 0 amide bonds. The molecule has 0 aromatic heterocycles. The second-order valence-corrected chi connectivity index (χ2v) is 6.98. The lowest BCUT2D eigenvalue weighted by Crippen LogP contribution is -2.16. The molecule has 2 aromatic rings. The number of nitrogen functional groups attached to an aromatic ring is 1. The average molecular weight is 398 g/mol. The Labute approximate surface area is 133 Å². The van der Waals surface area contributed by atoms with Gasteiger partial charge in [0.05, 0.1) is 11.4 Å². The Balaban J connectivity index is 2.51. The van der Waals surface area contributed by atoms with E-state index in [1.807, 2.05) is 0 Å². The molecule has 0 aliphatic rings. The predicted molar refractivity (Wildman–Crippen MR) is 80.7 cm³/mol. The van der Waals surface area contributed by atoms with Crippen LogP contribution in [0.1, 0.15) is 0 Å². The number of benzene rings is 2. The standard InChI is InChI=1S/C12H8BrClF2N2O2S/c13-8-2-1-7(15)5-10(8)18-21(19,20)11-4-6(14)3-9(17)12(11)16/h1-5,18H,17H2. The highest BCUT2D eigenvalue weighted by Gasteiger charge is 2.23. The third-order valence-electron chi connectivity index (χ3n) is 2.49. The SMILES string of the molecule is Nc1cc(Cl)cc(S(=O)(=O)Nc2cc(F)ccc2Br)c1F. The number of sulfonamides is 1. The number of nitrogens with two attached hydrogens (primary N) is 1. The summed E-state index contributed by atoms with van der Waals surface area (Å²) in [6, 6.07) is 5.42. The summed E-state index contributed by atoms with van der Waals surface area (Å²) in [5.74, 6) is -1.78. The van der Waals surface area contributed by atoms with Crippen LogP contribution in [0.4, 0.5) is 20.2 Å². The Bertz CT molecular complexity index is 815. The van der Waals surface area contributed by atoms with Gasteiger partial charge in [0.2, 0.25) is 0 Å². The minimum absolute atomic E-state index is 0.0346. The summed E-state index contributed by atoms with van der Waals surface area (Å²) in [5.41, 5.74) is 4.87. The molecule has 0 aliphatic carbocycles. The number of hydrogen-bond donors (Lipinski definition) is 2. The smallest absolute Gasteiger partial charge is 0.264 e. The Morgan fingerprint density at radius 2 is 1.86 bits per heavy atom. The number of hydrogen-bond acceptors (Lipinski definition) is 3. The fourth-order valence-corrected chi connectivity index (χ4v) is 3.53. The molecule has 0 bridgehead atoms. The van der Waals surface area contributed by atoms with Gasteiger partial charge in [-0.1, -0.05) is 11.6 Å². The van der Waals surface area contributed by atoms with Crippen LogP contribution >= 0.6 is 27.5 Å². The molecular formula is C12H8BrClF2N2O2S. The molecule has 0 fully saturated rings. The van der Waals surface area contributed by atoms with E-state index in [1.54, 1.807) is 0 Å². The summed E-state index contributed by atoms with van der Waals surface area (Å²) in [6.45, 7) is 0. The summed E-state index contributed by atoms with van der Waals surface area (Å²) in [7, 11) is -4.31. The maximum absolute atomic E-state index is 13.9. The lowest BCUT2D eigenvalue weighted by molar-refractivity contribution is 0.573. The number of anilines is 2. The molecule has 4 nitrogen and oxygen atoms in total. The van der Waals surface area contributed by atoms with Crippen molar-refractivity contribution in [3.05, 3.63) is 51.5 Å². The Kier molecular flexibility index (Phi) is 4.40. The van der Waals surface area contributed by atoms with Crippen molar-refractivity contribution in [1.29, 1.82) is 0 Å². The Morgan fingerprint density at radius 1 is 1.19 bits per heavy atom. The van der Waals surface area contributed by atoms with Crippen molar-refractivity contribution in [3.63, 3.8) is 0 Å². The van der Waals surface area contributed by atoms with Crippen LogP contribution < -0.4 is 10.5 Å². The van der Waals surface area contributed by atoms with Gasteiger partial charge >= 0.3 is 0 Å². The van der Waals surface area contributed by atoms with Gasteiger partial charge < -0.3 is 5.73 Å². The first-order valence-corrected chi connectivity index (χ1v) is 8.08. The lowest BCUT2D eigenvalue weighted by Gasteiger charge is -2.12. The van der Waals surface area contributed by atoms with E-state index in [4.69, 9.17) is 17.3 Å². The molecule has 112 valence electrons. The molecule has 3 N–H and O–H groups in total. The van der Waals surface area contributed by atoms with Gasteiger partial charge in [-0.3, -0.25) is 4.72 Å². The van der Waals surface area contributed by atoms with E-state index in [9.17, 15) is 17.2 Å². The first-order valence-electron chi connectivity index (χ1n) is 5.43. The average Bonchev–Trinajstić information content (AvgIpc) is 2.37. The zero-order chi connectivity index (χ0) is 15.8. The highest BCUT2D eigenvalue weighted by atomic mass is 79.9. The van der Waals surface area contributed by atoms with Crippen molar-refractivity contribution in [2.75, 3.05) is 10.5 Å². The first-order chi connectivity index (χ1) is 9.70. The van der Waals surface area contributed by atoms with Crippen molar-refractivity contribution in [2.45, 2.75) is 4.90 Å². The van der Waals surface area contributed by atoms with Crippen molar-refractivity contribution in [1.82, 2.24) is 0 Å². The molecule has 9 heteroatoms. The summed E-state index contributed by atoms with van der Waals surface area (Å²) in [5, 5.41) is -0.0346. The molecule has 21 heavy (non-hydrogen) atoms. The summed E-state index contributed by atoms with van der Waals surface area (Å²) in [4.78, 5) is -0.719. The van der Waals surface area contributed by atoms with E-state index >= 15 is 0 Å². The highest BCUT2D eigenvalue weighted by molar-refractivity contribution is 9.10. The molecule has 0 aliphatic heterocycles. The van der Waals surface area contributed by atoms with Crippen LogP contribution in [0, 0.1) is 11.6 Å². The highest BCUT2D eigenvalue weighted by Crippen LogP contribution is 2.29. The molecule has 0 unspecified atom stereocenters. The third-order valence-corrected chi connectivity index (χ3v) is 4.77. The Morgan fingerprint density at radius 3 is 2.52 bits per heavy atom. The van der Waals surface area contributed by atoms with Crippen LogP contribution in [-0.2, 0) is 10.0 Å². The van der Waals surface area contributed by atoms with Crippen molar-refractivity contribution >= 4 is 48.9 Å². The van der Waals surface area contributed by atoms with E-state index in [2.05, 4.69) is 20.7 Å². The van der Waals surface area contributed by atoms with Crippen LogP contribution in [0.3, 0.4) is 0 Å². The fraction of sp³-hybridized carbons (Fsp3) is 0. The Hall–Kier alpha value is -1.38. The van der Waals surface area contributed by atoms with E-state index in [1.165, 1.54) is 6.07 Å². The van der Waals surface area contributed by atoms with Crippen molar-refractivity contribution < 1.29 is 17.2 Å². The van der Waals surface area contributed by atoms with Crippen LogP contribution in [0.25, 0.3) is 0 Å². The zero-order valence-electron chi connectivity index (χ0n) is 10.2. The molecular weight excluding hydrogens is 390 g/mol. The zero-order valence-corrected chi connectivity index (χ0v) is 13.4. The van der Waals surface area contributed by atoms with Crippen LogP contribution in [-0.4, -0.2) is 8.42 Å². The lowest BCUT2D eigenvalue weighted by atomic mass is 10.3. The molecule has 0 radical (unpaired) electrons. The predicted octanol–water partition coefficient (Wildman–Crippen LogP) is 3.76. The molecule has 0 saturated heterocycles. The molecule has 0 saturated carbocycles. The number of nitrogens with one attached hydrogen (secondary N) is 1. The van der Waals surface area contributed by atoms with E-state index < -0.39 is 32.2 Å². The molecule has 0 heterocycles. The van der Waals surface area contributed by atoms with E-state index in [-0.39, 0.29) is 10.7 Å².